The summed E-state index contributed by atoms with van der Waals surface area (Å²) in [5, 5.41) is 13.2. The van der Waals surface area contributed by atoms with Gasteiger partial charge in [-0.3, -0.25) is 4.98 Å². The van der Waals surface area contributed by atoms with E-state index in [2.05, 4.69) is 36.1 Å². The van der Waals surface area contributed by atoms with E-state index in [1.807, 2.05) is 19.1 Å². The second-order valence-electron chi connectivity index (χ2n) is 5.85. The predicted molar refractivity (Wildman–Crippen MR) is 78.5 cm³/mol. The first-order valence-electron chi connectivity index (χ1n) is 6.42. The Labute approximate surface area is 118 Å². The third-order valence-electron chi connectivity index (χ3n) is 2.97. The molecule has 0 aliphatic heterocycles. The molecule has 0 spiro atoms. The topological polar surface area (TPSA) is 46.0 Å². The van der Waals surface area contributed by atoms with Crippen molar-refractivity contribution in [1.82, 2.24) is 9.97 Å². The molecule has 102 valence electrons. The number of aryl methyl sites for hydroxylation is 1. The van der Waals surface area contributed by atoms with E-state index in [9.17, 15) is 5.11 Å². The first-order valence-corrected chi connectivity index (χ1v) is 7.30. The number of hydrogen-bond acceptors (Lipinski definition) is 4. The van der Waals surface area contributed by atoms with Crippen molar-refractivity contribution in [3.63, 3.8) is 0 Å². The summed E-state index contributed by atoms with van der Waals surface area (Å²) in [5.74, 6) is 0. The summed E-state index contributed by atoms with van der Waals surface area (Å²) in [6.45, 7) is 8.43. The molecule has 0 fully saturated rings. The van der Waals surface area contributed by atoms with E-state index in [0.717, 1.165) is 16.3 Å². The molecule has 3 nitrogen and oxygen atoms in total. The molecule has 0 amide bonds. The van der Waals surface area contributed by atoms with Crippen molar-refractivity contribution in [2.24, 2.45) is 0 Å². The lowest BCUT2D eigenvalue weighted by Crippen LogP contribution is -2.12. The van der Waals surface area contributed by atoms with Crippen molar-refractivity contribution in [2.75, 3.05) is 0 Å². The van der Waals surface area contributed by atoms with Gasteiger partial charge >= 0.3 is 0 Å². The van der Waals surface area contributed by atoms with Crippen LogP contribution in [0.25, 0.3) is 0 Å². The Hall–Kier alpha value is -1.26. The van der Waals surface area contributed by atoms with Crippen LogP contribution in [0.4, 0.5) is 0 Å². The average molecular weight is 276 g/mol. The maximum Gasteiger partial charge on any atom is 0.102 e. The van der Waals surface area contributed by atoms with Crippen LogP contribution in [0.2, 0.25) is 0 Å². The van der Waals surface area contributed by atoms with Gasteiger partial charge in [-0.1, -0.05) is 20.8 Å². The Balaban J connectivity index is 2.11. The van der Waals surface area contributed by atoms with Crippen molar-refractivity contribution in [2.45, 2.75) is 45.6 Å². The molecule has 0 aliphatic carbocycles. The quantitative estimate of drug-likeness (QED) is 0.934. The molecular formula is C15H20N2OS. The zero-order chi connectivity index (χ0) is 14.0. The van der Waals surface area contributed by atoms with Crippen molar-refractivity contribution < 1.29 is 5.11 Å². The van der Waals surface area contributed by atoms with Gasteiger partial charge in [0.05, 0.1) is 16.4 Å². The van der Waals surface area contributed by atoms with Crippen LogP contribution in [-0.4, -0.2) is 15.1 Å². The van der Waals surface area contributed by atoms with Gasteiger partial charge in [-0.05, 0) is 24.6 Å². The number of pyridine rings is 1. The van der Waals surface area contributed by atoms with Crippen molar-refractivity contribution >= 4 is 11.3 Å². The highest BCUT2D eigenvalue weighted by molar-refractivity contribution is 7.09. The summed E-state index contributed by atoms with van der Waals surface area (Å²) < 4.78 is 0. The molecule has 0 radical (unpaired) electrons. The van der Waals surface area contributed by atoms with Gasteiger partial charge in [-0.15, -0.1) is 11.3 Å². The third-order valence-corrected chi connectivity index (χ3v) is 3.84. The smallest absolute Gasteiger partial charge is 0.102 e. The fourth-order valence-corrected chi connectivity index (χ4v) is 2.82. The molecule has 2 heterocycles. The number of aliphatic hydroxyl groups excluding tert-OH is 1. The maximum absolute atomic E-state index is 10.2. The van der Waals surface area contributed by atoms with Crippen LogP contribution in [0.3, 0.4) is 0 Å². The first kappa shape index (κ1) is 14.2. The van der Waals surface area contributed by atoms with E-state index >= 15 is 0 Å². The standard InChI is InChI=1S/C15H20N2OS/c1-10-5-6-16-11(7-10)12(18)8-14-17-13(9-19-14)15(2,3)4/h5-7,9,12,18H,8H2,1-4H3. The molecule has 0 bridgehead atoms. The molecule has 0 saturated heterocycles. The highest BCUT2D eigenvalue weighted by Gasteiger charge is 2.19. The highest BCUT2D eigenvalue weighted by atomic mass is 32.1. The summed E-state index contributed by atoms with van der Waals surface area (Å²) in [4.78, 5) is 8.82. The highest BCUT2D eigenvalue weighted by Crippen LogP contribution is 2.26. The summed E-state index contributed by atoms with van der Waals surface area (Å²) in [7, 11) is 0. The Morgan fingerprint density at radius 3 is 2.68 bits per heavy atom. The normalized spacial score (nSPS) is 13.5. The van der Waals surface area contributed by atoms with Crippen molar-refractivity contribution in [3.8, 4) is 0 Å². The zero-order valence-corrected chi connectivity index (χ0v) is 12.7. The molecule has 2 aromatic rings. The maximum atomic E-state index is 10.2. The minimum absolute atomic E-state index is 0.0568. The van der Waals surface area contributed by atoms with Gasteiger partial charge in [0.1, 0.15) is 6.10 Å². The molecule has 2 aromatic heterocycles. The van der Waals surface area contributed by atoms with Crippen LogP contribution in [-0.2, 0) is 11.8 Å². The van der Waals surface area contributed by atoms with Crippen LogP contribution in [0, 0.1) is 6.92 Å². The Kier molecular flexibility index (Phi) is 4.02. The average Bonchev–Trinajstić information content (AvgIpc) is 2.77. The molecule has 1 unspecified atom stereocenters. The minimum atomic E-state index is -0.584. The van der Waals surface area contributed by atoms with E-state index in [0.29, 0.717) is 12.1 Å². The summed E-state index contributed by atoms with van der Waals surface area (Å²) >= 11 is 1.60. The Morgan fingerprint density at radius 2 is 2.11 bits per heavy atom. The number of hydrogen-bond donors (Lipinski definition) is 1. The second-order valence-corrected chi connectivity index (χ2v) is 6.80. The fraction of sp³-hybridized carbons (Fsp3) is 0.467. The molecule has 0 saturated carbocycles. The SMILES string of the molecule is Cc1ccnc(C(O)Cc2nc(C(C)(C)C)cs2)c1. The van der Waals surface area contributed by atoms with Gasteiger partial charge in [-0.2, -0.15) is 0 Å². The number of rotatable bonds is 3. The van der Waals surface area contributed by atoms with E-state index in [4.69, 9.17) is 0 Å². The first-order chi connectivity index (χ1) is 8.86. The van der Waals surface area contributed by atoms with Gasteiger partial charge in [0.25, 0.3) is 0 Å². The minimum Gasteiger partial charge on any atom is -0.386 e. The monoisotopic (exact) mass is 276 g/mol. The van der Waals surface area contributed by atoms with Crippen LogP contribution < -0.4 is 0 Å². The molecule has 2 rings (SSSR count). The van der Waals surface area contributed by atoms with Crippen LogP contribution in [0.1, 0.15) is 48.8 Å². The summed E-state index contributed by atoms with van der Waals surface area (Å²) in [5.41, 5.74) is 2.96. The van der Waals surface area contributed by atoms with E-state index in [-0.39, 0.29) is 5.41 Å². The molecule has 4 heteroatoms. The summed E-state index contributed by atoms with van der Waals surface area (Å²) in [6.07, 6.45) is 1.67. The number of thiazole rings is 1. The molecule has 19 heavy (non-hydrogen) atoms. The molecule has 0 aliphatic rings. The van der Waals surface area contributed by atoms with E-state index < -0.39 is 6.10 Å². The van der Waals surface area contributed by atoms with Gasteiger partial charge < -0.3 is 5.11 Å². The number of aromatic nitrogens is 2. The number of aliphatic hydroxyl groups is 1. The van der Waals surface area contributed by atoms with Crippen molar-refractivity contribution in [1.29, 1.82) is 0 Å². The lowest BCUT2D eigenvalue weighted by Gasteiger charge is -2.14. The lowest BCUT2D eigenvalue weighted by atomic mass is 9.93. The van der Waals surface area contributed by atoms with Gasteiger partial charge in [-0.25, -0.2) is 4.98 Å². The van der Waals surface area contributed by atoms with E-state index in [1.165, 1.54) is 0 Å². The predicted octanol–water partition coefficient (Wildman–Crippen LogP) is 3.42. The second kappa shape index (κ2) is 5.39. The summed E-state index contributed by atoms with van der Waals surface area (Å²) in [6, 6.07) is 3.85. The molecule has 1 N–H and O–H groups in total. The Morgan fingerprint density at radius 1 is 1.37 bits per heavy atom. The van der Waals surface area contributed by atoms with Crippen LogP contribution in [0.15, 0.2) is 23.7 Å². The largest absolute Gasteiger partial charge is 0.386 e. The van der Waals surface area contributed by atoms with Gasteiger partial charge in [0, 0.05) is 23.4 Å². The third kappa shape index (κ3) is 3.61. The van der Waals surface area contributed by atoms with Crippen molar-refractivity contribution in [3.05, 3.63) is 45.7 Å². The fourth-order valence-electron chi connectivity index (χ4n) is 1.76. The van der Waals surface area contributed by atoms with Gasteiger partial charge in [0.15, 0.2) is 0 Å². The van der Waals surface area contributed by atoms with Gasteiger partial charge in [0.2, 0.25) is 0 Å². The lowest BCUT2D eigenvalue weighted by molar-refractivity contribution is 0.173. The molecular weight excluding hydrogens is 256 g/mol. The number of nitrogens with zero attached hydrogens (tertiary/aromatic N) is 2. The van der Waals surface area contributed by atoms with Crippen LogP contribution in [0.5, 0.6) is 0 Å². The van der Waals surface area contributed by atoms with Crippen LogP contribution >= 0.6 is 11.3 Å². The molecule has 0 aromatic carbocycles. The Bertz CT molecular complexity index is 557. The molecule has 1 atom stereocenters. The zero-order valence-electron chi connectivity index (χ0n) is 11.8. The van der Waals surface area contributed by atoms with E-state index in [1.54, 1.807) is 17.5 Å².